The molecule has 3 unspecified atom stereocenters. The molecule has 0 spiro atoms. The number of benzene rings is 1. The molecule has 27 heavy (non-hydrogen) atoms. The highest BCUT2D eigenvalue weighted by Crippen LogP contribution is 2.64. The van der Waals surface area contributed by atoms with Gasteiger partial charge < -0.3 is 9.47 Å². The van der Waals surface area contributed by atoms with Crippen LogP contribution in [-0.2, 0) is 19.6 Å². The Morgan fingerprint density at radius 3 is 2.52 bits per heavy atom. The lowest BCUT2D eigenvalue weighted by atomic mass is 9.70. The lowest BCUT2D eigenvalue weighted by molar-refractivity contribution is -0.128. The van der Waals surface area contributed by atoms with Gasteiger partial charge in [-0.3, -0.25) is 4.79 Å². The van der Waals surface area contributed by atoms with Crippen molar-refractivity contribution >= 4 is 15.8 Å². The van der Waals surface area contributed by atoms with Crippen molar-refractivity contribution in [2.45, 2.75) is 39.2 Å². The van der Waals surface area contributed by atoms with Gasteiger partial charge in [0.2, 0.25) is 10.0 Å². The van der Waals surface area contributed by atoms with Gasteiger partial charge in [-0.25, -0.2) is 13.1 Å². The monoisotopic (exact) mass is 395 g/mol. The molecule has 0 aromatic heterocycles. The van der Waals surface area contributed by atoms with Crippen molar-refractivity contribution in [2.24, 2.45) is 16.7 Å². The second kappa shape index (κ2) is 7.18. The van der Waals surface area contributed by atoms with Gasteiger partial charge >= 0.3 is 0 Å². The number of para-hydroxylation sites is 1. The Balaban J connectivity index is 1.74. The van der Waals surface area contributed by atoms with E-state index in [1.807, 2.05) is 38.1 Å². The van der Waals surface area contributed by atoms with Gasteiger partial charge in [-0.2, -0.15) is 0 Å². The standard InChI is InChI=1S/C20H29NO5S/c1-19(2)14-9-10-20(19,18(22)11-14)13-27(23,24)21-12-17(26-4)15-7-5-6-8-16(15)25-3/h5-8,14,17,21H,9-13H2,1-4H3. The third-order valence-corrected chi connectivity index (χ3v) is 8.31. The van der Waals surface area contributed by atoms with Gasteiger partial charge in [-0.05, 0) is 30.2 Å². The maximum atomic E-state index is 12.9. The van der Waals surface area contributed by atoms with Crippen molar-refractivity contribution in [1.29, 1.82) is 0 Å². The number of ketones is 1. The molecule has 7 heteroatoms. The van der Waals surface area contributed by atoms with Crippen LogP contribution in [0.2, 0.25) is 0 Å². The molecule has 0 radical (unpaired) electrons. The summed E-state index contributed by atoms with van der Waals surface area (Å²) in [5, 5.41) is 0. The summed E-state index contributed by atoms with van der Waals surface area (Å²) < 4.78 is 39.2. The van der Waals surface area contributed by atoms with E-state index < -0.39 is 21.5 Å². The van der Waals surface area contributed by atoms with Crippen LogP contribution in [0, 0.1) is 16.7 Å². The minimum Gasteiger partial charge on any atom is -0.496 e. The molecule has 0 heterocycles. The molecule has 3 rings (SSSR count). The van der Waals surface area contributed by atoms with Crippen LogP contribution in [0.25, 0.3) is 0 Å². The minimum atomic E-state index is -3.64. The molecule has 1 aromatic rings. The molecule has 2 saturated carbocycles. The third-order valence-electron chi connectivity index (χ3n) is 6.83. The maximum absolute atomic E-state index is 12.9. The lowest BCUT2D eigenvalue weighted by Crippen LogP contribution is -2.46. The molecule has 6 nitrogen and oxygen atoms in total. The Hall–Kier alpha value is -1.44. The van der Waals surface area contributed by atoms with Gasteiger partial charge in [-0.1, -0.05) is 32.0 Å². The number of fused-ring (bicyclic) bond motifs is 2. The zero-order chi connectivity index (χ0) is 19.9. The molecule has 1 aromatic carbocycles. The smallest absolute Gasteiger partial charge is 0.212 e. The number of carbonyl (C=O) groups is 1. The third kappa shape index (κ3) is 3.41. The van der Waals surface area contributed by atoms with E-state index >= 15 is 0 Å². The number of methoxy groups -OCH3 is 2. The Morgan fingerprint density at radius 2 is 1.96 bits per heavy atom. The predicted octanol–water partition coefficient (Wildman–Crippen LogP) is 2.70. The van der Waals surface area contributed by atoms with Gasteiger partial charge in [0.1, 0.15) is 11.5 Å². The lowest BCUT2D eigenvalue weighted by Gasteiger charge is -2.36. The van der Waals surface area contributed by atoms with E-state index in [0.29, 0.717) is 24.5 Å². The van der Waals surface area contributed by atoms with Crippen molar-refractivity contribution in [3.05, 3.63) is 29.8 Å². The first kappa shape index (κ1) is 20.3. The summed E-state index contributed by atoms with van der Waals surface area (Å²) >= 11 is 0. The Labute approximate surface area is 161 Å². The SMILES string of the molecule is COc1ccccc1C(CNS(=O)(=O)CC12CCC(CC1=O)C2(C)C)OC. The van der Waals surface area contributed by atoms with Crippen LogP contribution in [0.15, 0.2) is 24.3 Å². The van der Waals surface area contributed by atoms with Crippen LogP contribution in [-0.4, -0.2) is 40.7 Å². The number of rotatable bonds is 8. The molecule has 0 amide bonds. The molecule has 1 N–H and O–H groups in total. The van der Waals surface area contributed by atoms with Gasteiger partial charge in [0.05, 0.1) is 19.0 Å². The molecular weight excluding hydrogens is 366 g/mol. The van der Waals surface area contributed by atoms with Crippen LogP contribution in [0.3, 0.4) is 0 Å². The molecule has 2 aliphatic rings. The fourth-order valence-electron chi connectivity index (χ4n) is 4.94. The molecule has 150 valence electrons. The van der Waals surface area contributed by atoms with Gasteiger partial charge in [0.15, 0.2) is 0 Å². The first-order chi connectivity index (χ1) is 12.7. The van der Waals surface area contributed by atoms with E-state index in [4.69, 9.17) is 9.47 Å². The summed E-state index contributed by atoms with van der Waals surface area (Å²) in [6.07, 6.45) is 1.61. The summed E-state index contributed by atoms with van der Waals surface area (Å²) in [6, 6.07) is 7.37. The molecule has 0 aliphatic heterocycles. The van der Waals surface area contributed by atoms with E-state index in [1.54, 1.807) is 7.11 Å². The first-order valence-corrected chi connectivity index (χ1v) is 11.0. The van der Waals surface area contributed by atoms with Crippen molar-refractivity contribution in [3.8, 4) is 5.75 Å². The number of sulfonamides is 1. The van der Waals surface area contributed by atoms with Crippen LogP contribution in [0.1, 0.15) is 44.8 Å². The van der Waals surface area contributed by atoms with Crippen LogP contribution < -0.4 is 9.46 Å². The molecule has 2 bridgehead atoms. The number of hydrogen-bond acceptors (Lipinski definition) is 5. The number of nitrogens with one attached hydrogen (secondary N) is 1. The van der Waals surface area contributed by atoms with Crippen LogP contribution in [0.4, 0.5) is 0 Å². The van der Waals surface area contributed by atoms with Gasteiger partial charge in [-0.15, -0.1) is 0 Å². The first-order valence-electron chi connectivity index (χ1n) is 9.33. The van der Waals surface area contributed by atoms with Gasteiger partial charge in [0.25, 0.3) is 0 Å². The summed E-state index contributed by atoms with van der Waals surface area (Å²) in [6.45, 7) is 4.17. The number of Topliss-reactive ketones (excluding diaryl/α,β-unsaturated/α-hetero) is 1. The second-order valence-corrected chi connectivity index (χ2v) is 10.0. The van der Waals surface area contributed by atoms with E-state index in [2.05, 4.69) is 4.72 Å². The molecule has 3 atom stereocenters. The van der Waals surface area contributed by atoms with Crippen molar-refractivity contribution < 1.29 is 22.7 Å². The van der Waals surface area contributed by atoms with Crippen molar-refractivity contribution in [2.75, 3.05) is 26.5 Å². The average molecular weight is 396 g/mol. The number of hydrogen-bond donors (Lipinski definition) is 1. The summed E-state index contributed by atoms with van der Waals surface area (Å²) in [7, 11) is -0.532. The van der Waals surface area contributed by atoms with Gasteiger partial charge in [0, 0.05) is 31.1 Å². The zero-order valence-corrected chi connectivity index (χ0v) is 17.3. The molecule has 2 fully saturated rings. The number of ether oxygens (including phenoxy) is 2. The van der Waals surface area contributed by atoms with Crippen LogP contribution >= 0.6 is 0 Å². The quantitative estimate of drug-likeness (QED) is 0.732. The average Bonchev–Trinajstić information content (AvgIpc) is 2.96. The topological polar surface area (TPSA) is 81.7 Å². The fourth-order valence-corrected chi connectivity index (χ4v) is 6.77. The Bertz CT molecular complexity index is 819. The van der Waals surface area contributed by atoms with Crippen molar-refractivity contribution in [1.82, 2.24) is 4.72 Å². The largest absolute Gasteiger partial charge is 0.496 e. The predicted molar refractivity (Wildman–Crippen MR) is 103 cm³/mol. The summed E-state index contributed by atoms with van der Waals surface area (Å²) in [4.78, 5) is 12.6. The number of carbonyl (C=O) groups excluding carboxylic acids is 1. The summed E-state index contributed by atoms with van der Waals surface area (Å²) in [5.74, 6) is 0.889. The summed E-state index contributed by atoms with van der Waals surface area (Å²) in [5.41, 5.74) is -0.264. The zero-order valence-electron chi connectivity index (χ0n) is 16.4. The Morgan fingerprint density at radius 1 is 1.26 bits per heavy atom. The molecular formula is C20H29NO5S. The van der Waals surface area contributed by atoms with E-state index in [-0.39, 0.29) is 23.5 Å². The minimum absolute atomic E-state index is 0.0906. The normalized spacial score (nSPS) is 27.7. The maximum Gasteiger partial charge on any atom is 0.212 e. The van der Waals surface area contributed by atoms with Crippen molar-refractivity contribution in [3.63, 3.8) is 0 Å². The second-order valence-electron chi connectivity index (χ2n) is 8.24. The van der Waals surface area contributed by atoms with E-state index in [1.165, 1.54) is 7.11 Å². The highest BCUT2D eigenvalue weighted by Gasteiger charge is 2.65. The van der Waals surface area contributed by atoms with Crippen LogP contribution in [0.5, 0.6) is 5.75 Å². The fraction of sp³-hybridized carbons (Fsp3) is 0.650. The van der Waals surface area contributed by atoms with E-state index in [0.717, 1.165) is 12.0 Å². The molecule has 2 aliphatic carbocycles. The highest BCUT2D eigenvalue weighted by molar-refractivity contribution is 7.89. The Kier molecular flexibility index (Phi) is 5.40. The van der Waals surface area contributed by atoms with E-state index in [9.17, 15) is 13.2 Å². The highest BCUT2D eigenvalue weighted by atomic mass is 32.2. The molecule has 0 saturated heterocycles.